The number of nitrogens with two attached hydrogens (primary N) is 2. The average molecular weight is 522 g/mol. The van der Waals surface area contributed by atoms with Crippen LogP contribution in [0.25, 0.3) is 16.6 Å². The van der Waals surface area contributed by atoms with Crippen molar-refractivity contribution >= 4 is 34.3 Å². The molecule has 1 fully saturated rings. The molecule has 1 aliphatic carbocycles. The minimum absolute atomic E-state index is 0.183. The van der Waals surface area contributed by atoms with Crippen molar-refractivity contribution < 1.29 is 9.13 Å². The minimum atomic E-state index is -0.443. The second-order valence-corrected chi connectivity index (χ2v) is 9.73. The first-order chi connectivity index (χ1) is 17.8. The standard InChI is InChI=1S/C27H29ClFN7O/c1-15-20(8-10-25(33-15)37-2)16-11-24-26(34-19-6-4-18(30)5-7-19)21(13-32-36(24)14-16)27(31)35-23-12-17(29)3-9-22(23)28/h3,8-14,18-19,34H,4-7,30H2,1-2H3,(H2,31,35)/t18-,19-. The summed E-state index contributed by atoms with van der Waals surface area (Å²) in [4.78, 5) is 8.96. The molecule has 1 saturated carbocycles. The molecule has 3 heterocycles. The maximum absolute atomic E-state index is 13.9. The molecule has 0 aliphatic heterocycles. The molecule has 37 heavy (non-hydrogen) atoms. The number of hydrogen-bond acceptors (Lipinski definition) is 6. The first kappa shape index (κ1) is 25.0. The molecule has 0 saturated heterocycles. The Bertz CT molecular complexity index is 1480. The van der Waals surface area contributed by atoms with Crippen molar-refractivity contribution in [3.63, 3.8) is 0 Å². The van der Waals surface area contributed by atoms with Gasteiger partial charge in [-0.05, 0) is 56.9 Å². The molecule has 0 radical (unpaired) electrons. The number of methoxy groups -OCH3 is 1. The summed E-state index contributed by atoms with van der Waals surface area (Å²) < 4.78 is 20.9. The third-order valence-corrected chi connectivity index (χ3v) is 7.08. The van der Waals surface area contributed by atoms with Crippen LogP contribution in [0.5, 0.6) is 5.88 Å². The molecule has 0 atom stereocenters. The number of ether oxygens (including phenoxy) is 1. The number of aliphatic imine (C=N–C) groups is 1. The highest BCUT2D eigenvalue weighted by molar-refractivity contribution is 6.33. The molecule has 5 N–H and O–H groups in total. The van der Waals surface area contributed by atoms with Crippen LogP contribution in [0.1, 0.15) is 36.9 Å². The lowest BCUT2D eigenvalue weighted by atomic mass is 9.91. The van der Waals surface area contributed by atoms with Crippen LogP contribution < -0.4 is 21.5 Å². The number of pyridine rings is 1. The minimum Gasteiger partial charge on any atom is -0.481 e. The number of anilines is 1. The van der Waals surface area contributed by atoms with Crippen molar-refractivity contribution in [3.05, 3.63) is 70.9 Å². The number of benzene rings is 1. The van der Waals surface area contributed by atoms with Gasteiger partial charge in [0.05, 0.1) is 40.8 Å². The summed E-state index contributed by atoms with van der Waals surface area (Å²) >= 11 is 6.25. The smallest absolute Gasteiger partial charge is 0.213 e. The Kier molecular flexibility index (Phi) is 6.99. The fourth-order valence-corrected chi connectivity index (χ4v) is 4.90. The van der Waals surface area contributed by atoms with Gasteiger partial charge in [0, 0.05) is 47.2 Å². The second kappa shape index (κ2) is 10.4. The molecule has 4 aromatic rings. The molecular weight excluding hydrogens is 493 g/mol. The maximum atomic E-state index is 13.9. The van der Waals surface area contributed by atoms with Crippen molar-refractivity contribution in [2.75, 3.05) is 12.4 Å². The summed E-state index contributed by atoms with van der Waals surface area (Å²) in [5, 5.41) is 8.59. The van der Waals surface area contributed by atoms with Crippen molar-refractivity contribution in [1.29, 1.82) is 0 Å². The number of aryl methyl sites for hydroxylation is 1. The Morgan fingerprint density at radius 3 is 2.70 bits per heavy atom. The van der Waals surface area contributed by atoms with E-state index in [9.17, 15) is 4.39 Å². The van der Waals surface area contributed by atoms with Gasteiger partial charge in [0.15, 0.2) is 0 Å². The van der Waals surface area contributed by atoms with Crippen LogP contribution in [0, 0.1) is 12.7 Å². The molecule has 0 spiro atoms. The van der Waals surface area contributed by atoms with E-state index in [1.807, 2.05) is 35.8 Å². The lowest BCUT2D eigenvalue weighted by molar-refractivity contribution is 0.397. The molecule has 1 aliphatic rings. The SMILES string of the molecule is COc1ccc(-c2cc3c(N[C@H]4CC[C@H](N)CC4)c(/C(N)=N/c4cc(F)ccc4Cl)cnn3c2)c(C)n1. The molecule has 0 bridgehead atoms. The van der Waals surface area contributed by atoms with Gasteiger partial charge in [0.25, 0.3) is 0 Å². The van der Waals surface area contributed by atoms with Gasteiger partial charge in [-0.15, -0.1) is 0 Å². The van der Waals surface area contributed by atoms with Crippen molar-refractivity contribution in [2.24, 2.45) is 16.5 Å². The van der Waals surface area contributed by atoms with E-state index in [4.69, 9.17) is 27.8 Å². The number of fused-ring (bicyclic) bond motifs is 1. The predicted molar refractivity (Wildman–Crippen MR) is 145 cm³/mol. The van der Waals surface area contributed by atoms with E-state index in [0.717, 1.165) is 53.7 Å². The molecule has 1 aromatic carbocycles. The number of rotatable bonds is 6. The van der Waals surface area contributed by atoms with E-state index in [1.165, 1.54) is 18.2 Å². The quantitative estimate of drug-likeness (QED) is 0.236. The highest BCUT2D eigenvalue weighted by Crippen LogP contribution is 2.33. The Labute approximate surface area is 219 Å². The number of aromatic nitrogens is 3. The first-order valence-corrected chi connectivity index (χ1v) is 12.5. The van der Waals surface area contributed by atoms with Crippen LogP contribution in [0.4, 0.5) is 15.8 Å². The van der Waals surface area contributed by atoms with Gasteiger partial charge in [0.2, 0.25) is 5.88 Å². The zero-order chi connectivity index (χ0) is 26.1. The van der Waals surface area contributed by atoms with Crippen LogP contribution >= 0.6 is 11.6 Å². The van der Waals surface area contributed by atoms with Gasteiger partial charge in [-0.3, -0.25) is 0 Å². The number of halogens is 2. The van der Waals surface area contributed by atoms with Crippen LogP contribution in [-0.2, 0) is 0 Å². The molecular formula is C27H29ClFN7O. The fraction of sp³-hybridized carbons (Fsp3) is 0.296. The van der Waals surface area contributed by atoms with E-state index >= 15 is 0 Å². The Morgan fingerprint density at radius 2 is 1.97 bits per heavy atom. The Morgan fingerprint density at radius 1 is 1.19 bits per heavy atom. The van der Waals surface area contributed by atoms with E-state index < -0.39 is 5.82 Å². The number of nitrogens with one attached hydrogen (secondary N) is 1. The van der Waals surface area contributed by atoms with Gasteiger partial charge in [-0.2, -0.15) is 5.10 Å². The normalized spacial score (nSPS) is 18.2. The van der Waals surface area contributed by atoms with Crippen LogP contribution in [0.15, 0.2) is 53.8 Å². The summed E-state index contributed by atoms with van der Waals surface area (Å²) in [5.74, 6) is 0.298. The summed E-state index contributed by atoms with van der Waals surface area (Å²) in [6.45, 7) is 1.94. The van der Waals surface area contributed by atoms with E-state index in [2.05, 4.69) is 20.4 Å². The Hall–Kier alpha value is -3.69. The van der Waals surface area contributed by atoms with E-state index in [0.29, 0.717) is 16.5 Å². The lowest BCUT2D eigenvalue weighted by Crippen LogP contribution is -2.33. The zero-order valence-electron chi connectivity index (χ0n) is 20.7. The molecule has 8 nitrogen and oxygen atoms in total. The molecule has 0 amide bonds. The summed E-state index contributed by atoms with van der Waals surface area (Å²) in [7, 11) is 1.60. The number of nitrogens with zero attached hydrogens (tertiary/aromatic N) is 4. The van der Waals surface area contributed by atoms with Crippen LogP contribution in [-0.4, -0.2) is 39.6 Å². The highest BCUT2D eigenvalue weighted by atomic mass is 35.5. The highest BCUT2D eigenvalue weighted by Gasteiger charge is 2.22. The summed E-state index contributed by atoms with van der Waals surface area (Å²) in [6, 6.07) is 10.3. The third-order valence-electron chi connectivity index (χ3n) is 6.76. The van der Waals surface area contributed by atoms with Gasteiger partial charge < -0.3 is 21.5 Å². The van der Waals surface area contributed by atoms with Gasteiger partial charge in [-0.1, -0.05) is 11.6 Å². The van der Waals surface area contributed by atoms with Gasteiger partial charge >= 0.3 is 0 Å². The first-order valence-electron chi connectivity index (χ1n) is 12.2. The van der Waals surface area contributed by atoms with Crippen molar-refractivity contribution in [3.8, 4) is 17.0 Å². The van der Waals surface area contributed by atoms with E-state index in [-0.39, 0.29) is 23.6 Å². The zero-order valence-corrected chi connectivity index (χ0v) is 21.5. The number of amidine groups is 1. The summed E-state index contributed by atoms with van der Waals surface area (Å²) in [5.41, 5.74) is 17.9. The largest absolute Gasteiger partial charge is 0.481 e. The third kappa shape index (κ3) is 5.23. The van der Waals surface area contributed by atoms with Crippen LogP contribution in [0.3, 0.4) is 0 Å². The second-order valence-electron chi connectivity index (χ2n) is 9.33. The molecule has 10 heteroatoms. The monoisotopic (exact) mass is 521 g/mol. The van der Waals surface area contributed by atoms with Crippen molar-refractivity contribution in [2.45, 2.75) is 44.7 Å². The number of hydrogen-bond donors (Lipinski definition) is 3. The average Bonchev–Trinajstić information content (AvgIpc) is 3.32. The predicted octanol–water partition coefficient (Wildman–Crippen LogP) is 5.22. The van der Waals surface area contributed by atoms with E-state index in [1.54, 1.807) is 13.3 Å². The molecule has 192 valence electrons. The van der Waals surface area contributed by atoms with Crippen LogP contribution in [0.2, 0.25) is 5.02 Å². The maximum Gasteiger partial charge on any atom is 0.213 e. The molecule has 5 rings (SSSR count). The fourth-order valence-electron chi connectivity index (χ4n) is 4.74. The lowest BCUT2D eigenvalue weighted by Gasteiger charge is -2.28. The Balaban J connectivity index is 1.62. The van der Waals surface area contributed by atoms with Gasteiger partial charge in [0.1, 0.15) is 11.7 Å². The molecule has 0 unspecified atom stereocenters. The van der Waals surface area contributed by atoms with Gasteiger partial charge in [-0.25, -0.2) is 18.9 Å². The topological polar surface area (TPSA) is 116 Å². The summed E-state index contributed by atoms with van der Waals surface area (Å²) in [6.07, 6.45) is 7.39. The van der Waals surface area contributed by atoms with Crippen molar-refractivity contribution in [1.82, 2.24) is 14.6 Å². The molecule has 3 aromatic heterocycles.